The Hall–Kier alpha value is -2.22. The summed E-state index contributed by atoms with van der Waals surface area (Å²) in [6, 6.07) is -0.0769. The van der Waals surface area contributed by atoms with E-state index in [1.807, 2.05) is 13.2 Å². The number of aryl methyl sites for hydroxylation is 2. The monoisotopic (exact) mass is 334 g/mol. The van der Waals surface area contributed by atoms with Crippen molar-refractivity contribution in [3.63, 3.8) is 0 Å². The van der Waals surface area contributed by atoms with Crippen molar-refractivity contribution in [2.75, 3.05) is 0 Å². The fraction of sp³-hybridized carbons (Fsp3) is 0.467. The molecule has 0 spiro atoms. The fourth-order valence-corrected chi connectivity index (χ4v) is 3.79. The molecule has 1 saturated carbocycles. The second-order valence-corrected chi connectivity index (χ2v) is 6.85. The summed E-state index contributed by atoms with van der Waals surface area (Å²) in [7, 11) is 1.83. The zero-order valence-corrected chi connectivity index (χ0v) is 13.8. The third-order valence-corrected chi connectivity index (χ3v) is 5.28. The first-order valence-electron chi connectivity index (χ1n) is 7.44. The Balaban J connectivity index is 1.71. The number of nitrogens with zero attached hydrogens (tertiary/aromatic N) is 3. The molecule has 0 aliphatic heterocycles. The highest BCUT2D eigenvalue weighted by molar-refractivity contribution is 7.17. The van der Waals surface area contributed by atoms with Crippen LogP contribution in [-0.2, 0) is 11.8 Å². The maximum absolute atomic E-state index is 12.4. The Kier molecular flexibility index (Phi) is 4.16. The number of carboxylic acids is 1. The van der Waals surface area contributed by atoms with Gasteiger partial charge >= 0.3 is 5.97 Å². The van der Waals surface area contributed by atoms with Crippen LogP contribution in [0.1, 0.15) is 34.6 Å². The predicted octanol–water partition coefficient (Wildman–Crippen LogP) is 1.84. The largest absolute Gasteiger partial charge is 0.481 e. The maximum atomic E-state index is 12.4. The molecule has 8 heteroatoms. The molecule has 0 saturated heterocycles. The van der Waals surface area contributed by atoms with Gasteiger partial charge in [-0.2, -0.15) is 5.10 Å². The van der Waals surface area contributed by atoms with Gasteiger partial charge in [0.1, 0.15) is 9.88 Å². The first-order chi connectivity index (χ1) is 10.9. The number of carboxylic acid groups (broad SMARTS) is 1. The minimum absolute atomic E-state index is 0.0769. The molecule has 7 nitrogen and oxygen atoms in total. The zero-order valence-electron chi connectivity index (χ0n) is 12.9. The quantitative estimate of drug-likeness (QED) is 0.889. The van der Waals surface area contributed by atoms with Crippen molar-refractivity contribution >= 4 is 23.2 Å². The van der Waals surface area contributed by atoms with Gasteiger partial charge in [-0.1, -0.05) is 0 Å². The molecule has 0 bridgehead atoms. The van der Waals surface area contributed by atoms with E-state index in [4.69, 9.17) is 5.11 Å². The lowest BCUT2D eigenvalue weighted by Crippen LogP contribution is -2.33. The lowest BCUT2D eigenvalue weighted by atomic mass is 10.1. The molecule has 1 fully saturated rings. The molecule has 0 aromatic carbocycles. The van der Waals surface area contributed by atoms with Crippen molar-refractivity contribution in [1.29, 1.82) is 0 Å². The third-order valence-electron chi connectivity index (χ3n) is 4.07. The van der Waals surface area contributed by atoms with Gasteiger partial charge in [0.15, 0.2) is 0 Å². The normalized spacial score (nSPS) is 20.6. The molecule has 2 N–H and O–H groups in total. The van der Waals surface area contributed by atoms with E-state index in [1.165, 1.54) is 11.3 Å². The van der Waals surface area contributed by atoms with Crippen LogP contribution in [0.25, 0.3) is 10.6 Å². The Morgan fingerprint density at radius 1 is 1.43 bits per heavy atom. The number of hydrogen-bond donors (Lipinski definition) is 2. The second-order valence-electron chi connectivity index (χ2n) is 5.85. The van der Waals surface area contributed by atoms with Crippen molar-refractivity contribution in [3.8, 4) is 10.6 Å². The average Bonchev–Trinajstić information content (AvgIpc) is 3.18. The van der Waals surface area contributed by atoms with Gasteiger partial charge in [-0.3, -0.25) is 14.3 Å². The molecule has 122 valence electrons. The van der Waals surface area contributed by atoms with Gasteiger partial charge < -0.3 is 10.4 Å². The van der Waals surface area contributed by atoms with Crippen molar-refractivity contribution in [3.05, 3.63) is 23.0 Å². The smallest absolute Gasteiger partial charge is 0.306 e. The first-order valence-corrected chi connectivity index (χ1v) is 8.26. The number of rotatable bonds is 4. The molecule has 23 heavy (non-hydrogen) atoms. The van der Waals surface area contributed by atoms with Gasteiger partial charge in [-0.15, -0.1) is 11.3 Å². The number of carbonyl (C=O) groups is 2. The van der Waals surface area contributed by atoms with Crippen LogP contribution in [0.5, 0.6) is 0 Å². The van der Waals surface area contributed by atoms with Crippen LogP contribution >= 0.6 is 11.3 Å². The van der Waals surface area contributed by atoms with Crippen LogP contribution in [0, 0.1) is 12.8 Å². The molecular weight excluding hydrogens is 316 g/mol. The van der Waals surface area contributed by atoms with E-state index in [1.54, 1.807) is 17.8 Å². The summed E-state index contributed by atoms with van der Waals surface area (Å²) in [5, 5.41) is 16.8. The van der Waals surface area contributed by atoms with Gasteiger partial charge in [0.05, 0.1) is 17.8 Å². The number of aliphatic carboxylic acids is 1. The van der Waals surface area contributed by atoms with Crippen LogP contribution in [0.2, 0.25) is 0 Å². The minimum Gasteiger partial charge on any atom is -0.481 e. The number of hydrogen-bond acceptors (Lipinski definition) is 5. The Bertz CT molecular complexity index is 752. The summed E-state index contributed by atoms with van der Waals surface area (Å²) in [4.78, 5) is 28.4. The summed E-state index contributed by atoms with van der Waals surface area (Å²) < 4.78 is 1.69. The molecule has 1 aliphatic rings. The molecule has 2 heterocycles. The molecule has 2 aromatic rings. The number of carbonyl (C=O) groups excluding carboxylic acids is 1. The molecule has 1 aliphatic carbocycles. The summed E-state index contributed by atoms with van der Waals surface area (Å²) in [6.45, 7) is 1.81. The molecule has 1 amide bonds. The first kappa shape index (κ1) is 15.7. The molecule has 3 rings (SSSR count). The number of amides is 1. The van der Waals surface area contributed by atoms with Crippen LogP contribution in [0.4, 0.5) is 0 Å². The summed E-state index contributed by atoms with van der Waals surface area (Å²) >= 11 is 1.33. The van der Waals surface area contributed by atoms with Crippen molar-refractivity contribution in [2.45, 2.75) is 32.2 Å². The van der Waals surface area contributed by atoms with E-state index in [-0.39, 0.29) is 17.9 Å². The van der Waals surface area contributed by atoms with Crippen molar-refractivity contribution in [2.24, 2.45) is 13.0 Å². The maximum Gasteiger partial charge on any atom is 0.306 e. The zero-order chi connectivity index (χ0) is 16.6. The Morgan fingerprint density at radius 2 is 2.22 bits per heavy atom. The van der Waals surface area contributed by atoms with Gasteiger partial charge in [0, 0.05) is 24.8 Å². The molecular formula is C15H18N4O3S. The van der Waals surface area contributed by atoms with E-state index >= 15 is 0 Å². The summed E-state index contributed by atoms with van der Waals surface area (Å²) in [6.07, 6.45) is 5.38. The lowest BCUT2D eigenvalue weighted by molar-refractivity contribution is -0.141. The molecule has 2 atom stereocenters. The summed E-state index contributed by atoms with van der Waals surface area (Å²) in [5.74, 6) is -1.31. The van der Waals surface area contributed by atoms with E-state index in [0.29, 0.717) is 29.8 Å². The fourth-order valence-electron chi connectivity index (χ4n) is 2.85. The SMILES string of the molecule is Cc1nc(-c2cnn(C)c2)sc1C(=O)N[C@H]1CC[C@@H](C(=O)O)C1. The minimum atomic E-state index is -0.783. The highest BCUT2D eigenvalue weighted by atomic mass is 32.1. The van der Waals surface area contributed by atoms with E-state index < -0.39 is 5.97 Å². The van der Waals surface area contributed by atoms with Gasteiger partial charge in [-0.25, -0.2) is 4.98 Å². The topological polar surface area (TPSA) is 97.1 Å². The molecule has 2 aromatic heterocycles. The van der Waals surface area contributed by atoms with Gasteiger partial charge in [0.25, 0.3) is 5.91 Å². The standard InChI is InChI=1S/C15H18N4O3S/c1-8-12(23-14(17-8)10-6-16-19(2)7-10)13(20)18-11-4-3-9(5-11)15(21)22/h6-7,9,11H,3-5H2,1-2H3,(H,18,20)(H,21,22)/t9-,11+/m1/s1. The second kappa shape index (κ2) is 6.11. The Morgan fingerprint density at radius 3 is 2.83 bits per heavy atom. The average molecular weight is 334 g/mol. The van der Waals surface area contributed by atoms with Crippen LogP contribution in [-0.4, -0.2) is 37.8 Å². The van der Waals surface area contributed by atoms with E-state index in [2.05, 4.69) is 15.4 Å². The van der Waals surface area contributed by atoms with Gasteiger partial charge in [-0.05, 0) is 26.2 Å². The molecule has 0 radical (unpaired) electrons. The highest BCUT2D eigenvalue weighted by Gasteiger charge is 2.31. The van der Waals surface area contributed by atoms with Crippen LogP contribution in [0.3, 0.4) is 0 Å². The Labute approximate surface area is 137 Å². The number of nitrogens with one attached hydrogen (secondary N) is 1. The lowest BCUT2D eigenvalue weighted by Gasteiger charge is -2.11. The number of thiazole rings is 1. The van der Waals surface area contributed by atoms with Gasteiger partial charge in [0.2, 0.25) is 0 Å². The van der Waals surface area contributed by atoms with Crippen LogP contribution < -0.4 is 5.32 Å². The van der Waals surface area contributed by atoms with E-state index in [9.17, 15) is 9.59 Å². The van der Waals surface area contributed by atoms with E-state index in [0.717, 1.165) is 10.6 Å². The third kappa shape index (κ3) is 3.26. The van der Waals surface area contributed by atoms with Crippen molar-refractivity contribution in [1.82, 2.24) is 20.1 Å². The number of aromatic nitrogens is 3. The van der Waals surface area contributed by atoms with Crippen LogP contribution in [0.15, 0.2) is 12.4 Å². The highest BCUT2D eigenvalue weighted by Crippen LogP contribution is 2.29. The van der Waals surface area contributed by atoms with Crippen molar-refractivity contribution < 1.29 is 14.7 Å². The molecule has 0 unspecified atom stereocenters. The predicted molar refractivity (Wildman–Crippen MR) is 85.3 cm³/mol. The summed E-state index contributed by atoms with van der Waals surface area (Å²) in [5.41, 5.74) is 1.56.